The van der Waals surface area contributed by atoms with Crippen LogP contribution in [0.1, 0.15) is 86.5 Å². The summed E-state index contributed by atoms with van der Waals surface area (Å²) in [5, 5.41) is 0.841. The Balaban J connectivity index is 1.50. The van der Waals surface area contributed by atoms with Crippen molar-refractivity contribution in [2.45, 2.75) is 46.0 Å². The van der Waals surface area contributed by atoms with E-state index in [9.17, 15) is 19.2 Å². The fourth-order valence-electron chi connectivity index (χ4n) is 5.31. The smallest absolute Gasteiger partial charge is 0.261 e. The fraction of sp³-hybridized carbons (Fsp3) is 0.345. The molecule has 0 aliphatic carbocycles. The molecule has 0 fully saturated rings. The molecule has 7 heteroatoms. The molecule has 0 spiro atoms. The monoisotopic (exact) mass is 483 g/mol. The summed E-state index contributed by atoms with van der Waals surface area (Å²) < 4.78 is 0. The van der Waals surface area contributed by atoms with Gasteiger partial charge in [-0.25, -0.2) is 0 Å². The Morgan fingerprint density at radius 1 is 0.722 bits per heavy atom. The van der Waals surface area contributed by atoms with Crippen LogP contribution in [0, 0.1) is 5.92 Å². The Kier molecular flexibility index (Phi) is 6.39. The van der Waals surface area contributed by atoms with Crippen LogP contribution in [0.4, 0.5) is 0 Å². The lowest BCUT2D eigenvalue weighted by Gasteiger charge is -2.33. The maximum Gasteiger partial charge on any atom is 0.261 e. The molecule has 0 radical (unpaired) electrons. The Hall–Kier alpha value is -3.87. The normalized spacial score (nSPS) is 15.7. The van der Waals surface area contributed by atoms with E-state index >= 15 is 0 Å². The molecule has 1 atom stereocenters. The molecular weight excluding hydrogens is 454 g/mol. The van der Waals surface area contributed by atoms with Crippen molar-refractivity contribution >= 4 is 34.4 Å². The van der Waals surface area contributed by atoms with Gasteiger partial charge in [-0.1, -0.05) is 33.1 Å². The van der Waals surface area contributed by atoms with Gasteiger partial charge in [-0.15, -0.1) is 0 Å². The number of benzene rings is 2. The molecular formula is C29H29N3O4. The molecule has 36 heavy (non-hydrogen) atoms. The van der Waals surface area contributed by atoms with Crippen LogP contribution in [0.2, 0.25) is 0 Å². The summed E-state index contributed by atoms with van der Waals surface area (Å²) in [5.74, 6) is -1.28. The maximum atomic E-state index is 13.5. The van der Waals surface area contributed by atoms with Crippen LogP contribution in [-0.4, -0.2) is 51.5 Å². The van der Waals surface area contributed by atoms with E-state index in [0.717, 1.165) is 31.2 Å². The van der Waals surface area contributed by atoms with Crippen LogP contribution < -0.4 is 0 Å². The predicted molar refractivity (Wildman–Crippen MR) is 136 cm³/mol. The molecule has 0 saturated heterocycles. The van der Waals surface area contributed by atoms with Crippen molar-refractivity contribution in [1.29, 1.82) is 0 Å². The van der Waals surface area contributed by atoms with Crippen molar-refractivity contribution in [3.63, 3.8) is 0 Å². The molecule has 1 aromatic heterocycles. The van der Waals surface area contributed by atoms with E-state index in [4.69, 9.17) is 0 Å². The molecule has 5 rings (SSSR count). The van der Waals surface area contributed by atoms with Gasteiger partial charge in [0.15, 0.2) is 0 Å². The highest BCUT2D eigenvalue weighted by Gasteiger charge is 2.39. The number of hydrogen-bond acceptors (Lipinski definition) is 5. The van der Waals surface area contributed by atoms with E-state index < -0.39 is 11.8 Å². The van der Waals surface area contributed by atoms with Crippen LogP contribution in [0.15, 0.2) is 48.8 Å². The molecule has 4 amide bonds. The lowest BCUT2D eigenvalue weighted by Crippen LogP contribution is -2.45. The summed E-state index contributed by atoms with van der Waals surface area (Å²) in [6.07, 6.45) is 7.83. The number of pyridine rings is 1. The molecule has 3 aromatic rings. The van der Waals surface area contributed by atoms with Gasteiger partial charge in [0.25, 0.3) is 23.6 Å². The lowest BCUT2D eigenvalue weighted by atomic mass is 9.85. The number of rotatable bonds is 9. The average molecular weight is 484 g/mol. The quantitative estimate of drug-likeness (QED) is 0.405. The minimum Gasteiger partial charge on any atom is -0.274 e. The minimum atomic E-state index is -0.404. The van der Waals surface area contributed by atoms with Crippen molar-refractivity contribution < 1.29 is 19.2 Å². The first-order chi connectivity index (χ1) is 17.5. The second kappa shape index (κ2) is 9.64. The Labute approximate surface area is 210 Å². The largest absolute Gasteiger partial charge is 0.274 e. The van der Waals surface area contributed by atoms with Crippen molar-refractivity contribution in [3.8, 4) is 0 Å². The van der Waals surface area contributed by atoms with Gasteiger partial charge < -0.3 is 0 Å². The third kappa shape index (κ3) is 3.88. The molecule has 2 aromatic carbocycles. The van der Waals surface area contributed by atoms with Crippen LogP contribution in [0.25, 0.3) is 10.8 Å². The lowest BCUT2D eigenvalue weighted by molar-refractivity contribution is 0.0569. The minimum absolute atomic E-state index is 0.230. The highest BCUT2D eigenvalue weighted by Crippen LogP contribution is 2.38. The molecule has 2 aliphatic heterocycles. The van der Waals surface area contributed by atoms with Gasteiger partial charge >= 0.3 is 0 Å². The summed E-state index contributed by atoms with van der Waals surface area (Å²) in [5.41, 5.74) is 2.43. The Morgan fingerprint density at radius 2 is 1.22 bits per heavy atom. The van der Waals surface area contributed by atoms with Crippen LogP contribution in [0.5, 0.6) is 0 Å². The second-order valence-electron chi connectivity index (χ2n) is 9.58. The SMILES string of the molecule is CCCCC(CC)CN1C(=O)c2ccc3c4c(ccc(c24)C1=O)C(=O)N(CCc1ccncc1)C3=O. The number of amides is 4. The number of imide groups is 2. The molecule has 7 nitrogen and oxygen atoms in total. The zero-order chi connectivity index (χ0) is 25.4. The first kappa shape index (κ1) is 23.9. The summed E-state index contributed by atoms with van der Waals surface area (Å²) >= 11 is 0. The summed E-state index contributed by atoms with van der Waals surface area (Å²) in [7, 11) is 0. The molecule has 0 bridgehead atoms. The highest BCUT2D eigenvalue weighted by atomic mass is 16.2. The van der Waals surface area contributed by atoms with E-state index in [-0.39, 0.29) is 24.3 Å². The second-order valence-corrected chi connectivity index (χ2v) is 9.58. The van der Waals surface area contributed by atoms with Gasteiger partial charge in [0.05, 0.1) is 0 Å². The Bertz CT molecular complexity index is 1310. The first-order valence-corrected chi connectivity index (χ1v) is 12.7. The fourth-order valence-corrected chi connectivity index (χ4v) is 5.31. The standard InChI is InChI=1S/C29H29N3O4/c1-3-5-6-18(4-2)17-32-28(35)22-9-7-20-24-21(8-10-23(25(22)24)29(32)36)27(34)31(26(20)33)16-13-19-11-14-30-15-12-19/h7-12,14-15,18H,3-6,13,16-17H2,1-2H3. The van der Waals surface area contributed by atoms with Gasteiger partial charge in [0.2, 0.25) is 0 Å². The Morgan fingerprint density at radius 3 is 1.69 bits per heavy atom. The molecule has 3 heterocycles. The van der Waals surface area contributed by atoms with Crippen molar-refractivity contribution in [3.05, 3.63) is 76.6 Å². The van der Waals surface area contributed by atoms with Gasteiger partial charge in [-0.05, 0) is 60.7 Å². The topological polar surface area (TPSA) is 87.7 Å². The number of unbranched alkanes of at least 4 members (excludes halogenated alkanes) is 1. The molecule has 0 saturated carbocycles. The molecule has 0 N–H and O–H groups in total. The third-order valence-corrected chi connectivity index (χ3v) is 7.42. The zero-order valence-corrected chi connectivity index (χ0v) is 20.6. The summed E-state index contributed by atoms with van der Waals surface area (Å²) in [6.45, 7) is 4.81. The third-order valence-electron chi connectivity index (χ3n) is 7.42. The van der Waals surface area contributed by atoms with E-state index in [0.29, 0.717) is 46.0 Å². The molecule has 1 unspecified atom stereocenters. The average Bonchev–Trinajstić information content (AvgIpc) is 2.90. The highest BCUT2D eigenvalue weighted by molar-refractivity contribution is 6.33. The van der Waals surface area contributed by atoms with Gasteiger partial charge in [0, 0.05) is 58.5 Å². The van der Waals surface area contributed by atoms with E-state index in [1.54, 1.807) is 36.7 Å². The number of aromatic nitrogens is 1. The van der Waals surface area contributed by atoms with Gasteiger partial charge in [-0.3, -0.25) is 34.0 Å². The van der Waals surface area contributed by atoms with E-state index in [1.165, 1.54) is 9.80 Å². The maximum absolute atomic E-state index is 13.5. The van der Waals surface area contributed by atoms with Crippen molar-refractivity contribution in [2.24, 2.45) is 5.92 Å². The number of hydrogen-bond donors (Lipinski definition) is 0. The van der Waals surface area contributed by atoms with Crippen LogP contribution in [0.3, 0.4) is 0 Å². The van der Waals surface area contributed by atoms with Crippen molar-refractivity contribution in [2.75, 3.05) is 13.1 Å². The van der Waals surface area contributed by atoms with E-state index in [1.807, 2.05) is 12.1 Å². The van der Waals surface area contributed by atoms with Gasteiger partial charge in [0.1, 0.15) is 0 Å². The van der Waals surface area contributed by atoms with Gasteiger partial charge in [-0.2, -0.15) is 0 Å². The summed E-state index contributed by atoms with van der Waals surface area (Å²) in [4.78, 5) is 60.3. The van der Waals surface area contributed by atoms with Crippen molar-refractivity contribution in [1.82, 2.24) is 14.8 Å². The van der Waals surface area contributed by atoms with E-state index in [2.05, 4.69) is 18.8 Å². The molecule has 2 aliphatic rings. The first-order valence-electron chi connectivity index (χ1n) is 12.7. The number of carbonyl (C=O) groups excluding carboxylic acids is 4. The summed E-state index contributed by atoms with van der Waals surface area (Å²) in [6, 6.07) is 10.2. The van der Waals surface area contributed by atoms with Crippen LogP contribution in [-0.2, 0) is 6.42 Å². The number of carbonyl (C=O) groups is 4. The van der Waals surface area contributed by atoms with Crippen LogP contribution >= 0.6 is 0 Å². The number of nitrogens with zero attached hydrogens (tertiary/aromatic N) is 3. The molecule has 184 valence electrons. The zero-order valence-electron chi connectivity index (χ0n) is 20.6. The predicted octanol–water partition coefficient (Wildman–Crippen LogP) is 4.89.